The summed E-state index contributed by atoms with van der Waals surface area (Å²) in [5.74, 6) is 0.194. The third-order valence-corrected chi connectivity index (χ3v) is 4.10. The molecule has 0 N–H and O–H groups in total. The number of carbonyl (C=O) groups excluding carboxylic acids is 1. The lowest BCUT2D eigenvalue weighted by molar-refractivity contribution is -0.136. The molecule has 94 valence electrons. The molecule has 3 nitrogen and oxygen atoms in total. The molecule has 3 rings (SSSR count). The zero-order chi connectivity index (χ0) is 12.7. The highest BCUT2D eigenvalue weighted by Crippen LogP contribution is 2.30. The van der Waals surface area contributed by atoms with E-state index < -0.39 is 0 Å². The summed E-state index contributed by atoms with van der Waals surface area (Å²) in [6.07, 6.45) is 1.82. The first-order valence-electron chi connectivity index (χ1n) is 6.43. The summed E-state index contributed by atoms with van der Waals surface area (Å²) < 4.78 is 0. The van der Waals surface area contributed by atoms with Crippen LogP contribution in [0.4, 0.5) is 0 Å². The summed E-state index contributed by atoms with van der Waals surface area (Å²) in [6, 6.07) is 8.47. The average molecular weight is 242 g/mol. The summed E-state index contributed by atoms with van der Waals surface area (Å²) in [6.45, 7) is 5.72. The van der Waals surface area contributed by atoms with E-state index in [1.54, 1.807) is 4.90 Å². The van der Waals surface area contributed by atoms with Crippen molar-refractivity contribution < 1.29 is 4.79 Å². The van der Waals surface area contributed by atoms with E-state index in [0.29, 0.717) is 0 Å². The number of rotatable bonds is 1. The van der Waals surface area contributed by atoms with Crippen molar-refractivity contribution in [3.8, 4) is 0 Å². The monoisotopic (exact) mass is 242 g/mol. The van der Waals surface area contributed by atoms with Crippen molar-refractivity contribution in [3.05, 3.63) is 47.7 Å². The molecule has 18 heavy (non-hydrogen) atoms. The van der Waals surface area contributed by atoms with Gasteiger partial charge >= 0.3 is 0 Å². The van der Waals surface area contributed by atoms with Gasteiger partial charge in [0.2, 0.25) is 5.91 Å². The lowest BCUT2D eigenvalue weighted by atomic mass is 10.0. The van der Waals surface area contributed by atoms with E-state index >= 15 is 0 Å². The van der Waals surface area contributed by atoms with Crippen molar-refractivity contribution in [1.29, 1.82) is 0 Å². The number of hydrogen-bond acceptors (Lipinski definition) is 2. The predicted molar refractivity (Wildman–Crippen MR) is 70.6 cm³/mol. The van der Waals surface area contributed by atoms with Crippen LogP contribution in [0.3, 0.4) is 0 Å². The molecule has 1 aromatic rings. The van der Waals surface area contributed by atoms with Gasteiger partial charge in [-0.15, -0.1) is 0 Å². The van der Waals surface area contributed by atoms with Crippen LogP contribution in [0.5, 0.6) is 0 Å². The van der Waals surface area contributed by atoms with Crippen LogP contribution in [0.25, 0.3) is 0 Å². The van der Waals surface area contributed by atoms with Crippen LogP contribution in [-0.2, 0) is 17.9 Å². The first kappa shape index (κ1) is 11.5. The molecule has 2 aliphatic rings. The summed E-state index contributed by atoms with van der Waals surface area (Å²) in [5.41, 5.74) is 3.66. The molecule has 0 bridgehead atoms. The third kappa shape index (κ3) is 1.75. The van der Waals surface area contributed by atoms with Crippen LogP contribution < -0.4 is 0 Å². The molecule has 1 atom stereocenters. The lowest BCUT2D eigenvalue weighted by Gasteiger charge is -2.35. The molecule has 1 amide bonds. The van der Waals surface area contributed by atoms with Gasteiger partial charge in [0.1, 0.15) is 0 Å². The van der Waals surface area contributed by atoms with Crippen molar-refractivity contribution >= 4 is 5.91 Å². The van der Waals surface area contributed by atoms with E-state index in [-0.39, 0.29) is 11.9 Å². The number of carbonyl (C=O) groups is 1. The Morgan fingerprint density at radius 2 is 1.83 bits per heavy atom. The highest BCUT2D eigenvalue weighted by molar-refractivity contribution is 5.84. The molecule has 0 spiro atoms. The SMILES string of the molecule is C=C1CCC(N2Cc3ccccc3C2)C(=O)N1C. The number of benzene rings is 1. The van der Waals surface area contributed by atoms with E-state index in [9.17, 15) is 4.79 Å². The van der Waals surface area contributed by atoms with Crippen molar-refractivity contribution in [1.82, 2.24) is 9.80 Å². The Morgan fingerprint density at radius 1 is 1.22 bits per heavy atom. The first-order chi connectivity index (χ1) is 8.66. The highest BCUT2D eigenvalue weighted by atomic mass is 16.2. The second-order valence-corrected chi connectivity index (χ2v) is 5.19. The molecule has 1 aromatic carbocycles. The number of amides is 1. The third-order valence-electron chi connectivity index (χ3n) is 4.10. The zero-order valence-electron chi connectivity index (χ0n) is 10.7. The van der Waals surface area contributed by atoms with Gasteiger partial charge in [-0.3, -0.25) is 9.69 Å². The summed E-state index contributed by atoms with van der Waals surface area (Å²) in [4.78, 5) is 16.3. The minimum absolute atomic E-state index is 0.0212. The highest BCUT2D eigenvalue weighted by Gasteiger charge is 2.35. The zero-order valence-corrected chi connectivity index (χ0v) is 10.7. The molecule has 2 heterocycles. The van der Waals surface area contributed by atoms with Crippen LogP contribution in [0.1, 0.15) is 24.0 Å². The molecule has 0 aromatic heterocycles. The Balaban J connectivity index is 1.79. The van der Waals surface area contributed by atoms with Gasteiger partial charge in [0, 0.05) is 25.8 Å². The summed E-state index contributed by atoms with van der Waals surface area (Å²) >= 11 is 0. The predicted octanol–water partition coefficient (Wildman–Crippen LogP) is 2.14. The maximum atomic E-state index is 12.3. The van der Waals surface area contributed by atoms with E-state index in [4.69, 9.17) is 0 Å². The first-order valence-corrected chi connectivity index (χ1v) is 6.43. The lowest BCUT2D eigenvalue weighted by Crippen LogP contribution is -2.48. The minimum atomic E-state index is 0.0212. The normalized spacial score (nSPS) is 24.5. The molecule has 0 aliphatic carbocycles. The van der Waals surface area contributed by atoms with Crippen molar-refractivity contribution in [2.45, 2.75) is 32.0 Å². The number of allylic oxidation sites excluding steroid dienone is 1. The van der Waals surface area contributed by atoms with Gasteiger partial charge in [0.05, 0.1) is 6.04 Å². The van der Waals surface area contributed by atoms with Crippen LogP contribution >= 0.6 is 0 Å². The molecular weight excluding hydrogens is 224 g/mol. The number of likely N-dealkylation sites (N-methyl/N-ethyl adjacent to an activating group) is 1. The number of nitrogens with zero attached hydrogens (tertiary/aromatic N) is 2. The summed E-state index contributed by atoms with van der Waals surface area (Å²) in [7, 11) is 1.83. The van der Waals surface area contributed by atoms with Crippen LogP contribution in [0.2, 0.25) is 0 Å². The fourth-order valence-electron chi connectivity index (χ4n) is 2.89. The van der Waals surface area contributed by atoms with E-state index in [1.807, 2.05) is 7.05 Å². The van der Waals surface area contributed by atoms with Gasteiger partial charge in [-0.05, 0) is 24.0 Å². The van der Waals surface area contributed by atoms with Crippen LogP contribution in [0.15, 0.2) is 36.5 Å². The molecule has 3 heteroatoms. The Kier molecular flexibility index (Phi) is 2.71. The van der Waals surface area contributed by atoms with Gasteiger partial charge in [-0.25, -0.2) is 0 Å². The van der Waals surface area contributed by atoms with Crippen molar-refractivity contribution in [2.75, 3.05) is 7.05 Å². The molecule has 2 aliphatic heterocycles. The van der Waals surface area contributed by atoms with E-state index in [2.05, 4.69) is 35.7 Å². The maximum absolute atomic E-state index is 12.3. The second kappa shape index (κ2) is 4.25. The van der Waals surface area contributed by atoms with Gasteiger partial charge in [0.25, 0.3) is 0 Å². The van der Waals surface area contributed by atoms with Gasteiger partial charge in [-0.1, -0.05) is 30.8 Å². The Bertz CT molecular complexity index is 484. The molecular formula is C15H18N2O. The Labute approximate surface area is 108 Å². The molecule has 1 unspecified atom stereocenters. The molecule has 0 radical (unpaired) electrons. The summed E-state index contributed by atoms with van der Waals surface area (Å²) in [5, 5.41) is 0. The van der Waals surface area contributed by atoms with Gasteiger partial charge < -0.3 is 4.90 Å². The quantitative estimate of drug-likeness (QED) is 0.753. The Morgan fingerprint density at radius 3 is 2.44 bits per heavy atom. The fourth-order valence-corrected chi connectivity index (χ4v) is 2.89. The number of piperidine rings is 1. The second-order valence-electron chi connectivity index (χ2n) is 5.19. The minimum Gasteiger partial charge on any atom is -0.319 e. The maximum Gasteiger partial charge on any atom is 0.243 e. The molecule has 1 fully saturated rings. The van der Waals surface area contributed by atoms with Crippen LogP contribution in [-0.4, -0.2) is 28.8 Å². The topological polar surface area (TPSA) is 23.6 Å². The number of likely N-dealkylation sites (tertiary alicyclic amines) is 1. The smallest absolute Gasteiger partial charge is 0.243 e. The molecule has 1 saturated heterocycles. The number of hydrogen-bond donors (Lipinski definition) is 0. The largest absolute Gasteiger partial charge is 0.319 e. The van der Waals surface area contributed by atoms with E-state index in [1.165, 1.54) is 11.1 Å². The van der Waals surface area contributed by atoms with Gasteiger partial charge in [-0.2, -0.15) is 0 Å². The fraction of sp³-hybridized carbons (Fsp3) is 0.400. The van der Waals surface area contributed by atoms with Crippen LogP contribution in [0, 0.1) is 0 Å². The average Bonchev–Trinajstić information content (AvgIpc) is 2.79. The van der Waals surface area contributed by atoms with Gasteiger partial charge in [0.15, 0.2) is 0 Å². The van der Waals surface area contributed by atoms with Crippen molar-refractivity contribution in [2.24, 2.45) is 0 Å². The molecule has 0 saturated carbocycles. The standard InChI is InChI=1S/C15H18N2O/c1-11-7-8-14(15(18)16(11)2)17-9-12-5-3-4-6-13(12)10-17/h3-6,14H,1,7-10H2,2H3. The van der Waals surface area contributed by atoms with E-state index in [0.717, 1.165) is 31.6 Å². The Hall–Kier alpha value is -1.61. The number of fused-ring (bicyclic) bond motifs is 1. The van der Waals surface area contributed by atoms with Crippen molar-refractivity contribution in [3.63, 3.8) is 0 Å².